The van der Waals surface area contributed by atoms with Crippen molar-refractivity contribution in [1.29, 1.82) is 0 Å². The number of aliphatic hydroxyl groups is 1. The third-order valence-electron chi connectivity index (χ3n) is 2.46. The first kappa shape index (κ1) is 15.4. The molecule has 19 heavy (non-hydrogen) atoms. The van der Waals surface area contributed by atoms with Gasteiger partial charge in [-0.1, -0.05) is 6.08 Å². The molecule has 1 rings (SSSR count). The topological polar surface area (TPSA) is 101 Å². The zero-order valence-electron chi connectivity index (χ0n) is 10.3. The molecular formula is C12H16N2O4S. The van der Waals surface area contributed by atoms with Crippen molar-refractivity contribution in [2.24, 2.45) is 5.73 Å². The number of nitrogens with zero attached hydrogens (tertiary/aromatic N) is 1. The SMILES string of the molecule is C=CCN(CCO)S(=O)(=O)c1ccc(C(N)=O)cc1. The third kappa shape index (κ3) is 3.63. The lowest BCUT2D eigenvalue weighted by molar-refractivity contribution is 0.1000. The first-order valence-corrected chi connectivity index (χ1v) is 6.99. The van der Waals surface area contributed by atoms with Crippen LogP contribution in [0.1, 0.15) is 10.4 Å². The third-order valence-corrected chi connectivity index (χ3v) is 4.34. The lowest BCUT2D eigenvalue weighted by Gasteiger charge is -2.19. The summed E-state index contributed by atoms with van der Waals surface area (Å²) in [4.78, 5) is 11.0. The number of carbonyl (C=O) groups is 1. The summed E-state index contributed by atoms with van der Waals surface area (Å²) in [5.41, 5.74) is 5.32. The minimum Gasteiger partial charge on any atom is -0.395 e. The monoisotopic (exact) mass is 284 g/mol. The highest BCUT2D eigenvalue weighted by atomic mass is 32.2. The Labute approximate surface area is 112 Å². The Bertz CT molecular complexity index is 552. The normalized spacial score (nSPS) is 11.5. The molecule has 0 aromatic heterocycles. The van der Waals surface area contributed by atoms with E-state index in [0.717, 1.165) is 4.31 Å². The summed E-state index contributed by atoms with van der Waals surface area (Å²) in [7, 11) is -3.72. The van der Waals surface area contributed by atoms with Crippen molar-refractivity contribution < 1.29 is 18.3 Å². The van der Waals surface area contributed by atoms with Crippen LogP contribution in [0.4, 0.5) is 0 Å². The number of primary amides is 1. The Hall–Kier alpha value is -1.70. The second-order valence-electron chi connectivity index (χ2n) is 3.76. The molecule has 0 aliphatic heterocycles. The van der Waals surface area contributed by atoms with Gasteiger partial charge in [0, 0.05) is 18.7 Å². The van der Waals surface area contributed by atoms with Crippen LogP contribution in [0.5, 0.6) is 0 Å². The van der Waals surface area contributed by atoms with Crippen LogP contribution in [0.25, 0.3) is 0 Å². The molecule has 0 saturated heterocycles. The van der Waals surface area contributed by atoms with Gasteiger partial charge < -0.3 is 10.8 Å². The fraction of sp³-hybridized carbons (Fsp3) is 0.250. The van der Waals surface area contributed by atoms with E-state index in [-0.39, 0.29) is 30.2 Å². The van der Waals surface area contributed by atoms with E-state index >= 15 is 0 Å². The van der Waals surface area contributed by atoms with Crippen LogP contribution in [0.3, 0.4) is 0 Å². The summed E-state index contributed by atoms with van der Waals surface area (Å²) in [6, 6.07) is 5.31. The minimum absolute atomic E-state index is 0.0219. The number of benzene rings is 1. The van der Waals surface area contributed by atoms with Gasteiger partial charge in [-0.15, -0.1) is 6.58 Å². The van der Waals surface area contributed by atoms with Crippen molar-refractivity contribution >= 4 is 15.9 Å². The summed E-state index contributed by atoms with van der Waals surface area (Å²) in [6.45, 7) is 3.27. The number of sulfonamides is 1. The molecule has 0 spiro atoms. The molecule has 1 aromatic rings. The molecule has 6 nitrogen and oxygen atoms in total. The zero-order valence-corrected chi connectivity index (χ0v) is 11.1. The molecule has 0 atom stereocenters. The van der Waals surface area contributed by atoms with E-state index < -0.39 is 15.9 Å². The maximum atomic E-state index is 12.2. The van der Waals surface area contributed by atoms with Gasteiger partial charge in [-0.05, 0) is 24.3 Å². The molecule has 1 aromatic carbocycles. The first-order chi connectivity index (χ1) is 8.93. The summed E-state index contributed by atoms with van der Waals surface area (Å²) < 4.78 is 25.6. The van der Waals surface area contributed by atoms with Gasteiger partial charge in [-0.2, -0.15) is 4.31 Å². The summed E-state index contributed by atoms with van der Waals surface area (Å²) in [6.07, 6.45) is 1.44. The van der Waals surface area contributed by atoms with Gasteiger partial charge >= 0.3 is 0 Å². The van der Waals surface area contributed by atoms with Gasteiger partial charge in [0.15, 0.2) is 0 Å². The lowest BCUT2D eigenvalue weighted by Crippen LogP contribution is -2.33. The molecule has 0 aliphatic carbocycles. The molecule has 1 amide bonds. The molecule has 0 saturated carbocycles. The Kier molecular flexibility index (Phi) is 5.22. The van der Waals surface area contributed by atoms with E-state index in [4.69, 9.17) is 10.8 Å². The number of amides is 1. The van der Waals surface area contributed by atoms with Crippen LogP contribution in [-0.4, -0.2) is 43.4 Å². The Balaban J connectivity index is 3.10. The fourth-order valence-electron chi connectivity index (χ4n) is 1.51. The molecule has 0 heterocycles. The van der Waals surface area contributed by atoms with Crippen LogP contribution in [-0.2, 0) is 10.0 Å². The predicted octanol–water partition coefficient (Wildman–Crippen LogP) is -0.0455. The van der Waals surface area contributed by atoms with Crippen molar-refractivity contribution in [3.8, 4) is 0 Å². The first-order valence-electron chi connectivity index (χ1n) is 5.55. The molecule has 7 heteroatoms. The molecule has 0 unspecified atom stereocenters. The van der Waals surface area contributed by atoms with E-state index in [1.807, 2.05) is 0 Å². The van der Waals surface area contributed by atoms with Crippen molar-refractivity contribution in [1.82, 2.24) is 4.31 Å². The smallest absolute Gasteiger partial charge is 0.248 e. The Morgan fingerprint density at radius 2 is 1.95 bits per heavy atom. The van der Waals surface area contributed by atoms with Gasteiger partial charge in [-0.3, -0.25) is 4.79 Å². The predicted molar refractivity (Wildman–Crippen MR) is 71.0 cm³/mol. The van der Waals surface area contributed by atoms with Gasteiger partial charge in [0.05, 0.1) is 11.5 Å². The average molecular weight is 284 g/mol. The van der Waals surface area contributed by atoms with Gasteiger partial charge in [-0.25, -0.2) is 8.42 Å². The summed E-state index contributed by atoms with van der Waals surface area (Å²) >= 11 is 0. The number of hydrogen-bond donors (Lipinski definition) is 2. The summed E-state index contributed by atoms with van der Waals surface area (Å²) in [5, 5.41) is 8.89. The molecule has 0 fully saturated rings. The molecule has 0 aliphatic rings. The second kappa shape index (κ2) is 6.46. The van der Waals surface area contributed by atoms with Gasteiger partial charge in [0.1, 0.15) is 0 Å². The highest BCUT2D eigenvalue weighted by Crippen LogP contribution is 2.16. The Morgan fingerprint density at radius 1 is 1.37 bits per heavy atom. The van der Waals surface area contributed by atoms with E-state index in [1.54, 1.807) is 0 Å². The van der Waals surface area contributed by atoms with Crippen LogP contribution >= 0.6 is 0 Å². The molecule has 3 N–H and O–H groups in total. The fourth-order valence-corrected chi connectivity index (χ4v) is 2.91. The maximum absolute atomic E-state index is 12.2. The molecule has 0 bridgehead atoms. The largest absolute Gasteiger partial charge is 0.395 e. The number of rotatable bonds is 7. The molecule has 0 radical (unpaired) electrons. The van der Waals surface area contributed by atoms with Crippen LogP contribution in [0, 0.1) is 0 Å². The highest BCUT2D eigenvalue weighted by Gasteiger charge is 2.22. The van der Waals surface area contributed by atoms with Crippen LogP contribution in [0.2, 0.25) is 0 Å². The lowest BCUT2D eigenvalue weighted by atomic mass is 10.2. The van der Waals surface area contributed by atoms with E-state index in [2.05, 4.69) is 6.58 Å². The second-order valence-corrected chi connectivity index (χ2v) is 5.70. The standard InChI is InChI=1S/C12H16N2O4S/c1-2-7-14(8-9-15)19(17,18)11-5-3-10(4-6-11)12(13)16/h2-6,15H,1,7-9H2,(H2,13,16). The highest BCUT2D eigenvalue weighted by molar-refractivity contribution is 7.89. The van der Waals surface area contributed by atoms with E-state index in [9.17, 15) is 13.2 Å². The van der Waals surface area contributed by atoms with Gasteiger partial charge in [0.2, 0.25) is 15.9 Å². The van der Waals surface area contributed by atoms with Crippen LogP contribution in [0.15, 0.2) is 41.8 Å². The average Bonchev–Trinajstić information content (AvgIpc) is 2.38. The number of hydrogen-bond acceptors (Lipinski definition) is 4. The number of carbonyl (C=O) groups excluding carboxylic acids is 1. The van der Waals surface area contributed by atoms with E-state index in [1.165, 1.54) is 30.3 Å². The van der Waals surface area contributed by atoms with Crippen molar-refractivity contribution in [3.63, 3.8) is 0 Å². The van der Waals surface area contributed by atoms with Crippen molar-refractivity contribution in [2.45, 2.75) is 4.90 Å². The zero-order chi connectivity index (χ0) is 14.5. The van der Waals surface area contributed by atoms with Crippen LogP contribution < -0.4 is 5.73 Å². The minimum atomic E-state index is -3.72. The van der Waals surface area contributed by atoms with Gasteiger partial charge in [0.25, 0.3) is 0 Å². The molecular weight excluding hydrogens is 268 g/mol. The summed E-state index contributed by atoms with van der Waals surface area (Å²) in [5.74, 6) is -0.623. The van der Waals surface area contributed by atoms with Crippen molar-refractivity contribution in [3.05, 3.63) is 42.5 Å². The quantitative estimate of drug-likeness (QED) is 0.686. The van der Waals surface area contributed by atoms with Crippen molar-refractivity contribution in [2.75, 3.05) is 19.7 Å². The molecule has 104 valence electrons. The number of aliphatic hydroxyl groups excluding tert-OH is 1. The number of nitrogens with two attached hydrogens (primary N) is 1. The maximum Gasteiger partial charge on any atom is 0.248 e. The van der Waals surface area contributed by atoms with E-state index in [0.29, 0.717) is 0 Å². The Morgan fingerprint density at radius 3 is 2.37 bits per heavy atom.